The molecule has 0 unspecified atom stereocenters. The second-order valence-electron chi connectivity index (χ2n) is 7.94. The molecule has 0 bridgehead atoms. The van der Waals surface area contributed by atoms with E-state index in [1.165, 1.54) is 87.6 Å². The number of esters is 1. The van der Waals surface area contributed by atoms with Crippen LogP contribution in [0.4, 0.5) is 0 Å². The van der Waals surface area contributed by atoms with E-state index in [0.29, 0.717) is 5.75 Å². The van der Waals surface area contributed by atoms with E-state index in [1.54, 1.807) is 12.1 Å². The van der Waals surface area contributed by atoms with Gasteiger partial charge in [-0.3, -0.25) is 4.55 Å². The molecule has 0 aromatic heterocycles. The second-order valence-corrected chi connectivity index (χ2v) is 9.33. The van der Waals surface area contributed by atoms with Gasteiger partial charge < -0.3 is 4.74 Å². The zero-order valence-corrected chi connectivity index (χ0v) is 19.2. The summed E-state index contributed by atoms with van der Waals surface area (Å²) < 4.78 is 37.4. The van der Waals surface area contributed by atoms with E-state index in [4.69, 9.17) is 4.74 Å². The first-order valence-corrected chi connectivity index (χ1v) is 12.7. The summed E-state index contributed by atoms with van der Waals surface area (Å²) in [5.41, 5.74) is 0.983. The maximum atomic E-state index is 12.3. The van der Waals surface area contributed by atoms with Gasteiger partial charge in [-0.2, -0.15) is 8.42 Å². The fourth-order valence-electron chi connectivity index (χ4n) is 3.56. The summed E-state index contributed by atoms with van der Waals surface area (Å²) >= 11 is 0. The molecule has 1 N–H and O–H groups in total. The zero-order chi connectivity index (χ0) is 22.5. The lowest BCUT2D eigenvalue weighted by atomic mass is 10.0. The summed E-state index contributed by atoms with van der Waals surface area (Å²) in [4.78, 5) is 11.9. The molecule has 0 saturated carbocycles. The molecule has 0 aliphatic carbocycles. The standard InChI is InChI=1S/C25H34O5S/c1-2-3-4-5-6-7-8-9-10-11-14-21-17-19-22(20-18-21)30-25(26)23-15-12-13-16-24(23)31(27,28)29/h12-13,15-20H,2-11,14H2,1H3,(H,27,28,29). The van der Waals surface area contributed by atoms with Crippen LogP contribution in [0, 0.1) is 0 Å². The Hall–Kier alpha value is -2.18. The monoisotopic (exact) mass is 446 g/mol. The highest BCUT2D eigenvalue weighted by Crippen LogP contribution is 2.20. The van der Waals surface area contributed by atoms with E-state index in [2.05, 4.69) is 6.92 Å². The molecule has 0 fully saturated rings. The molecule has 0 aliphatic heterocycles. The van der Waals surface area contributed by atoms with Crippen LogP contribution in [0.15, 0.2) is 53.4 Å². The minimum atomic E-state index is -4.50. The van der Waals surface area contributed by atoms with Gasteiger partial charge in [0.1, 0.15) is 10.6 Å². The minimum absolute atomic E-state index is 0.195. The normalized spacial score (nSPS) is 11.4. The van der Waals surface area contributed by atoms with Crippen molar-refractivity contribution in [1.82, 2.24) is 0 Å². The smallest absolute Gasteiger partial charge is 0.344 e. The van der Waals surface area contributed by atoms with E-state index in [-0.39, 0.29) is 5.56 Å². The summed E-state index contributed by atoms with van der Waals surface area (Å²) in [5.74, 6) is -0.488. The molecule has 0 aliphatic rings. The van der Waals surface area contributed by atoms with Crippen LogP contribution in [-0.2, 0) is 16.5 Å². The maximum Gasteiger partial charge on any atom is 0.344 e. The predicted molar refractivity (Wildman–Crippen MR) is 123 cm³/mol. The number of unbranched alkanes of at least 4 members (excludes halogenated alkanes) is 9. The largest absolute Gasteiger partial charge is 0.423 e. The first kappa shape index (κ1) is 25.1. The van der Waals surface area contributed by atoms with Crippen molar-refractivity contribution in [3.8, 4) is 5.75 Å². The van der Waals surface area contributed by atoms with E-state index in [1.807, 2.05) is 12.1 Å². The van der Waals surface area contributed by atoms with Gasteiger partial charge in [-0.15, -0.1) is 0 Å². The molecule has 0 radical (unpaired) electrons. The predicted octanol–water partition coefficient (Wildman–Crippen LogP) is 6.62. The van der Waals surface area contributed by atoms with Crippen molar-refractivity contribution in [3.05, 3.63) is 59.7 Å². The van der Waals surface area contributed by atoms with Crippen molar-refractivity contribution in [3.63, 3.8) is 0 Å². The van der Waals surface area contributed by atoms with E-state index in [0.717, 1.165) is 12.8 Å². The van der Waals surface area contributed by atoms with Gasteiger partial charge in [0.25, 0.3) is 10.1 Å². The Morgan fingerprint density at radius 2 is 1.35 bits per heavy atom. The van der Waals surface area contributed by atoms with Crippen molar-refractivity contribution in [2.24, 2.45) is 0 Å². The van der Waals surface area contributed by atoms with Gasteiger partial charge in [-0.25, -0.2) is 4.79 Å². The number of carbonyl (C=O) groups is 1. The van der Waals surface area contributed by atoms with E-state index >= 15 is 0 Å². The molecule has 2 aromatic carbocycles. The number of ether oxygens (including phenoxy) is 1. The lowest BCUT2D eigenvalue weighted by Gasteiger charge is -2.08. The molecule has 2 rings (SSSR count). The van der Waals surface area contributed by atoms with Gasteiger partial charge in [0.2, 0.25) is 0 Å². The lowest BCUT2D eigenvalue weighted by molar-refractivity contribution is 0.0730. The summed E-state index contributed by atoms with van der Waals surface area (Å²) in [6.07, 6.45) is 14.0. The molecule has 2 aromatic rings. The zero-order valence-electron chi connectivity index (χ0n) is 18.4. The summed E-state index contributed by atoms with van der Waals surface area (Å²) in [6, 6.07) is 12.7. The third-order valence-corrected chi connectivity index (χ3v) is 6.25. The third-order valence-electron chi connectivity index (χ3n) is 5.34. The molecule has 0 spiro atoms. The second kappa shape index (κ2) is 13.3. The molecule has 170 valence electrons. The van der Waals surface area contributed by atoms with Crippen LogP contribution in [0.5, 0.6) is 5.75 Å². The number of benzene rings is 2. The van der Waals surface area contributed by atoms with Crippen LogP contribution in [-0.4, -0.2) is 18.9 Å². The van der Waals surface area contributed by atoms with Crippen LogP contribution >= 0.6 is 0 Å². The highest BCUT2D eigenvalue weighted by atomic mass is 32.2. The molecule has 31 heavy (non-hydrogen) atoms. The van der Waals surface area contributed by atoms with E-state index < -0.39 is 21.0 Å². The first-order valence-electron chi connectivity index (χ1n) is 11.3. The summed E-state index contributed by atoms with van der Waals surface area (Å²) in [7, 11) is -4.50. The number of carbonyl (C=O) groups excluding carboxylic acids is 1. The number of rotatable bonds is 14. The number of aryl methyl sites for hydroxylation is 1. The SMILES string of the molecule is CCCCCCCCCCCCc1ccc(OC(=O)c2ccccc2S(=O)(=O)O)cc1. The van der Waals surface area contributed by atoms with Crippen LogP contribution < -0.4 is 4.74 Å². The van der Waals surface area contributed by atoms with Crippen molar-refractivity contribution < 1.29 is 22.5 Å². The molecule has 0 amide bonds. The molecular weight excluding hydrogens is 412 g/mol. The lowest BCUT2D eigenvalue weighted by Crippen LogP contribution is -2.13. The molecule has 0 atom stereocenters. The van der Waals surface area contributed by atoms with Crippen molar-refractivity contribution >= 4 is 16.1 Å². The van der Waals surface area contributed by atoms with Crippen molar-refractivity contribution in [2.45, 2.75) is 82.4 Å². The van der Waals surface area contributed by atoms with Gasteiger partial charge in [-0.05, 0) is 42.7 Å². The molecule has 6 heteroatoms. The number of hydrogen-bond donors (Lipinski definition) is 1. The Labute approximate surface area is 186 Å². The van der Waals surface area contributed by atoms with Crippen molar-refractivity contribution in [1.29, 1.82) is 0 Å². The van der Waals surface area contributed by atoms with Gasteiger partial charge in [0.15, 0.2) is 0 Å². The number of hydrogen-bond acceptors (Lipinski definition) is 4. The molecule has 0 heterocycles. The Morgan fingerprint density at radius 1 is 0.806 bits per heavy atom. The minimum Gasteiger partial charge on any atom is -0.423 e. The Bertz CT molecular complexity index is 904. The summed E-state index contributed by atoms with van der Waals surface area (Å²) in [5, 5.41) is 0. The van der Waals surface area contributed by atoms with Crippen LogP contribution in [0.1, 0.15) is 87.1 Å². The molecule has 5 nitrogen and oxygen atoms in total. The van der Waals surface area contributed by atoms with Crippen LogP contribution in [0.2, 0.25) is 0 Å². The van der Waals surface area contributed by atoms with Crippen molar-refractivity contribution in [2.75, 3.05) is 0 Å². The Kier molecular flexibility index (Phi) is 10.7. The Balaban J connectivity index is 1.72. The average Bonchev–Trinajstić information content (AvgIpc) is 2.75. The average molecular weight is 447 g/mol. The third kappa shape index (κ3) is 9.23. The van der Waals surface area contributed by atoms with E-state index in [9.17, 15) is 17.8 Å². The van der Waals surface area contributed by atoms with Gasteiger partial charge in [0, 0.05) is 0 Å². The first-order chi connectivity index (χ1) is 14.9. The molecule has 0 saturated heterocycles. The topological polar surface area (TPSA) is 80.7 Å². The highest BCUT2D eigenvalue weighted by Gasteiger charge is 2.21. The fraction of sp³-hybridized carbons (Fsp3) is 0.480. The van der Waals surface area contributed by atoms with Gasteiger partial charge in [-0.1, -0.05) is 89.0 Å². The van der Waals surface area contributed by atoms with Crippen LogP contribution in [0.3, 0.4) is 0 Å². The highest BCUT2D eigenvalue weighted by molar-refractivity contribution is 7.86. The summed E-state index contributed by atoms with van der Waals surface area (Å²) in [6.45, 7) is 2.24. The van der Waals surface area contributed by atoms with Gasteiger partial charge >= 0.3 is 5.97 Å². The molecular formula is C25H34O5S. The van der Waals surface area contributed by atoms with Gasteiger partial charge in [0.05, 0.1) is 5.56 Å². The Morgan fingerprint density at radius 3 is 1.94 bits per heavy atom. The quantitative estimate of drug-likeness (QED) is 0.153. The fourth-order valence-corrected chi connectivity index (χ4v) is 4.24. The van der Waals surface area contributed by atoms with Crippen LogP contribution in [0.25, 0.3) is 0 Å². The maximum absolute atomic E-state index is 12.3.